The van der Waals surface area contributed by atoms with Gasteiger partial charge in [-0.2, -0.15) is 0 Å². The van der Waals surface area contributed by atoms with Crippen LogP contribution in [0.5, 0.6) is 0 Å². The molecule has 3 N–H and O–H groups in total. The number of benzene rings is 1. The highest BCUT2D eigenvalue weighted by Crippen LogP contribution is 2.14. The summed E-state index contributed by atoms with van der Waals surface area (Å²) in [5.41, 5.74) is 8.19. The molecule has 0 bridgehead atoms. The van der Waals surface area contributed by atoms with Gasteiger partial charge in [-0.25, -0.2) is 0 Å². The molecule has 1 aromatic carbocycles. The van der Waals surface area contributed by atoms with E-state index in [0.717, 1.165) is 5.56 Å². The summed E-state index contributed by atoms with van der Waals surface area (Å²) in [7, 11) is 0. The first-order valence-electron chi connectivity index (χ1n) is 6.54. The van der Waals surface area contributed by atoms with Crippen LogP contribution in [-0.4, -0.2) is 11.9 Å². The Bertz CT molecular complexity index is 382. The fraction of sp³-hybridized carbons (Fsp3) is 0.533. The van der Waals surface area contributed by atoms with Crippen molar-refractivity contribution in [2.45, 2.75) is 46.2 Å². The van der Waals surface area contributed by atoms with E-state index in [1.165, 1.54) is 5.56 Å². The molecular formula is C15H24N2O. The zero-order valence-electron chi connectivity index (χ0n) is 11.7. The Morgan fingerprint density at radius 2 is 1.72 bits per heavy atom. The largest absolute Gasteiger partial charge is 0.351 e. The molecule has 0 fully saturated rings. The second kappa shape index (κ2) is 6.55. The summed E-state index contributed by atoms with van der Waals surface area (Å²) < 4.78 is 0. The molecule has 0 radical (unpaired) electrons. The van der Waals surface area contributed by atoms with Crippen LogP contribution in [0.2, 0.25) is 0 Å². The summed E-state index contributed by atoms with van der Waals surface area (Å²) in [6, 6.07) is 7.88. The lowest BCUT2D eigenvalue weighted by Gasteiger charge is -2.15. The number of nitrogens with one attached hydrogen (secondary N) is 1. The van der Waals surface area contributed by atoms with Crippen molar-refractivity contribution in [1.82, 2.24) is 5.32 Å². The smallest absolute Gasteiger partial charge is 0.237 e. The summed E-state index contributed by atoms with van der Waals surface area (Å²) >= 11 is 0. The van der Waals surface area contributed by atoms with Crippen LogP contribution in [0, 0.1) is 5.92 Å². The summed E-state index contributed by atoms with van der Waals surface area (Å²) in [5.74, 6) is 0.606. The normalized spacial score (nSPS) is 12.8. The van der Waals surface area contributed by atoms with Crippen molar-refractivity contribution in [2.24, 2.45) is 11.7 Å². The molecular weight excluding hydrogens is 224 g/mol. The van der Waals surface area contributed by atoms with E-state index in [9.17, 15) is 4.79 Å². The van der Waals surface area contributed by atoms with Crippen LogP contribution >= 0.6 is 0 Å². The van der Waals surface area contributed by atoms with Gasteiger partial charge in [0.25, 0.3) is 0 Å². The molecule has 0 saturated heterocycles. The maximum atomic E-state index is 11.7. The molecule has 0 aliphatic heterocycles. The van der Waals surface area contributed by atoms with E-state index < -0.39 is 6.04 Å². The van der Waals surface area contributed by atoms with Crippen LogP contribution < -0.4 is 11.1 Å². The topological polar surface area (TPSA) is 55.1 Å². The third kappa shape index (κ3) is 4.15. The van der Waals surface area contributed by atoms with Crippen LogP contribution in [0.25, 0.3) is 0 Å². The average molecular weight is 248 g/mol. The van der Waals surface area contributed by atoms with Crippen molar-refractivity contribution < 1.29 is 4.79 Å². The fourth-order valence-electron chi connectivity index (χ4n) is 1.63. The molecule has 0 heterocycles. The van der Waals surface area contributed by atoms with Crippen LogP contribution in [-0.2, 0) is 11.3 Å². The fourth-order valence-corrected chi connectivity index (χ4v) is 1.63. The molecule has 1 amide bonds. The van der Waals surface area contributed by atoms with Crippen LogP contribution in [0.15, 0.2) is 24.3 Å². The maximum Gasteiger partial charge on any atom is 0.237 e. The van der Waals surface area contributed by atoms with Gasteiger partial charge >= 0.3 is 0 Å². The van der Waals surface area contributed by atoms with E-state index in [4.69, 9.17) is 5.73 Å². The van der Waals surface area contributed by atoms with Gasteiger partial charge in [0.15, 0.2) is 0 Å². The quantitative estimate of drug-likeness (QED) is 0.840. The number of rotatable bonds is 5. The standard InChI is InChI=1S/C15H24N2O/c1-10(2)13-7-5-12(6-8-13)9-17-15(18)14(16)11(3)4/h5-8,10-11,14H,9,16H2,1-4H3,(H,17,18)/t14-/m1/s1. The van der Waals surface area contributed by atoms with Gasteiger partial charge in [0.2, 0.25) is 5.91 Å². The molecule has 0 unspecified atom stereocenters. The summed E-state index contributed by atoms with van der Waals surface area (Å²) in [6.45, 7) is 8.76. The Morgan fingerprint density at radius 3 is 2.17 bits per heavy atom. The second-order valence-electron chi connectivity index (χ2n) is 5.38. The Morgan fingerprint density at radius 1 is 1.17 bits per heavy atom. The Hall–Kier alpha value is -1.35. The van der Waals surface area contributed by atoms with Crippen LogP contribution in [0.4, 0.5) is 0 Å². The first-order valence-corrected chi connectivity index (χ1v) is 6.54. The Balaban J connectivity index is 2.51. The van der Waals surface area contributed by atoms with E-state index in [1.54, 1.807) is 0 Å². The summed E-state index contributed by atoms with van der Waals surface area (Å²) in [4.78, 5) is 11.7. The van der Waals surface area contributed by atoms with Gasteiger partial charge in [0, 0.05) is 6.54 Å². The number of hydrogen-bond donors (Lipinski definition) is 2. The van der Waals surface area contributed by atoms with Gasteiger partial charge in [-0.05, 0) is 23.0 Å². The van der Waals surface area contributed by atoms with E-state index in [0.29, 0.717) is 12.5 Å². The van der Waals surface area contributed by atoms with Gasteiger partial charge < -0.3 is 11.1 Å². The molecule has 0 spiro atoms. The minimum atomic E-state index is -0.431. The van der Waals surface area contributed by atoms with E-state index >= 15 is 0 Å². The van der Waals surface area contributed by atoms with Gasteiger partial charge in [0.1, 0.15) is 0 Å². The van der Waals surface area contributed by atoms with Gasteiger partial charge in [0.05, 0.1) is 6.04 Å². The van der Waals surface area contributed by atoms with Gasteiger partial charge in [-0.1, -0.05) is 52.0 Å². The van der Waals surface area contributed by atoms with Gasteiger partial charge in [-0.3, -0.25) is 4.79 Å². The highest BCUT2D eigenvalue weighted by Gasteiger charge is 2.16. The Kier molecular flexibility index (Phi) is 5.35. The van der Waals surface area contributed by atoms with Crippen molar-refractivity contribution in [3.05, 3.63) is 35.4 Å². The molecule has 3 heteroatoms. The molecule has 1 aromatic rings. The number of hydrogen-bond acceptors (Lipinski definition) is 2. The van der Waals surface area contributed by atoms with Crippen LogP contribution in [0.3, 0.4) is 0 Å². The number of carbonyl (C=O) groups excluding carboxylic acids is 1. The van der Waals surface area contributed by atoms with E-state index in [2.05, 4.69) is 43.4 Å². The lowest BCUT2D eigenvalue weighted by Crippen LogP contribution is -2.43. The third-order valence-electron chi connectivity index (χ3n) is 3.13. The molecule has 3 nitrogen and oxygen atoms in total. The van der Waals surface area contributed by atoms with Gasteiger partial charge in [-0.15, -0.1) is 0 Å². The molecule has 0 aromatic heterocycles. The lowest BCUT2D eigenvalue weighted by atomic mass is 10.0. The average Bonchev–Trinajstić information content (AvgIpc) is 2.35. The van der Waals surface area contributed by atoms with Crippen molar-refractivity contribution in [3.8, 4) is 0 Å². The highest BCUT2D eigenvalue weighted by atomic mass is 16.2. The maximum absolute atomic E-state index is 11.7. The first kappa shape index (κ1) is 14.7. The molecule has 1 rings (SSSR count). The minimum absolute atomic E-state index is 0.0852. The van der Waals surface area contributed by atoms with Crippen molar-refractivity contribution in [2.75, 3.05) is 0 Å². The molecule has 100 valence electrons. The predicted molar refractivity (Wildman–Crippen MR) is 75.2 cm³/mol. The molecule has 1 atom stereocenters. The minimum Gasteiger partial charge on any atom is -0.351 e. The van der Waals surface area contributed by atoms with Crippen molar-refractivity contribution >= 4 is 5.91 Å². The summed E-state index contributed by atoms with van der Waals surface area (Å²) in [5, 5.41) is 2.86. The zero-order chi connectivity index (χ0) is 13.7. The first-order chi connectivity index (χ1) is 8.41. The van der Waals surface area contributed by atoms with E-state index in [-0.39, 0.29) is 11.8 Å². The number of carbonyl (C=O) groups is 1. The number of nitrogens with two attached hydrogens (primary N) is 1. The van der Waals surface area contributed by atoms with Crippen LogP contribution in [0.1, 0.15) is 44.7 Å². The predicted octanol–water partition coefficient (Wildman–Crippen LogP) is 2.41. The SMILES string of the molecule is CC(C)c1ccc(CNC(=O)[C@H](N)C(C)C)cc1. The lowest BCUT2D eigenvalue weighted by molar-refractivity contribution is -0.123. The Labute approximate surface area is 110 Å². The molecule has 0 saturated carbocycles. The highest BCUT2D eigenvalue weighted by molar-refractivity contribution is 5.81. The van der Waals surface area contributed by atoms with Crippen molar-refractivity contribution in [3.63, 3.8) is 0 Å². The molecule has 0 aliphatic rings. The molecule has 18 heavy (non-hydrogen) atoms. The zero-order valence-corrected chi connectivity index (χ0v) is 11.7. The second-order valence-corrected chi connectivity index (χ2v) is 5.38. The van der Waals surface area contributed by atoms with Crippen molar-refractivity contribution in [1.29, 1.82) is 0 Å². The molecule has 0 aliphatic carbocycles. The monoisotopic (exact) mass is 248 g/mol. The third-order valence-corrected chi connectivity index (χ3v) is 3.13. The summed E-state index contributed by atoms with van der Waals surface area (Å²) in [6.07, 6.45) is 0. The van der Waals surface area contributed by atoms with E-state index in [1.807, 2.05) is 13.8 Å². The number of amides is 1.